The molecular formula is C12H17N3O2S. The summed E-state index contributed by atoms with van der Waals surface area (Å²) < 4.78 is 28.3. The predicted octanol–water partition coefficient (Wildman–Crippen LogP) is 1.77. The SMILES string of the molecule is Cc1cccc(NS(=O)(=O)NCC(C)C)c1C#N. The molecule has 0 aliphatic heterocycles. The lowest BCUT2D eigenvalue weighted by Crippen LogP contribution is -2.33. The van der Waals surface area contributed by atoms with Crippen molar-refractivity contribution in [3.63, 3.8) is 0 Å². The highest BCUT2D eigenvalue weighted by Crippen LogP contribution is 2.19. The van der Waals surface area contributed by atoms with E-state index in [0.717, 1.165) is 5.56 Å². The molecule has 1 aromatic carbocycles. The van der Waals surface area contributed by atoms with E-state index in [0.29, 0.717) is 17.8 Å². The zero-order valence-electron chi connectivity index (χ0n) is 10.7. The van der Waals surface area contributed by atoms with Gasteiger partial charge in [0.2, 0.25) is 0 Å². The van der Waals surface area contributed by atoms with E-state index in [9.17, 15) is 8.42 Å². The normalized spacial score (nSPS) is 11.3. The number of nitriles is 1. The third kappa shape index (κ3) is 4.02. The highest BCUT2D eigenvalue weighted by Gasteiger charge is 2.13. The van der Waals surface area contributed by atoms with Gasteiger partial charge in [-0.2, -0.15) is 18.4 Å². The molecule has 5 nitrogen and oxygen atoms in total. The number of hydrogen-bond acceptors (Lipinski definition) is 3. The van der Waals surface area contributed by atoms with E-state index in [1.165, 1.54) is 0 Å². The van der Waals surface area contributed by atoms with Crippen LogP contribution in [0.25, 0.3) is 0 Å². The van der Waals surface area contributed by atoms with E-state index in [2.05, 4.69) is 9.44 Å². The lowest BCUT2D eigenvalue weighted by atomic mass is 10.1. The lowest BCUT2D eigenvalue weighted by molar-refractivity contribution is 0.565. The zero-order valence-corrected chi connectivity index (χ0v) is 11.5. The van der Waals surface area contributed by atoms with Crippen LogP contribution in [0.4, 0.5) is 5.69 Å². The Morgan fingerprint density at radius 2 is 2.06 bits per heavy atom. The van der Waals surface area contributed by atoms with Crippen molar-refractivity contribution in [2.45, 2.75) is 20.8 Å². The lowest BCUT2D eigenvalue weighted by Gasteiger charge is -2.12. The standard InChI is InChI=1S/C12H17N3O2S/c1-9(2)8-14-18(16,17)15-12-6-4-5-10(3)11(12)7-13/h4-6,9,14-15H,8H2,1-3H3. The largest absolute Gasteiger partial charge is 0.299 e. The summed E-state index contributed by atoms with van der Waals surface area (Å²) in [6.45, 7) is 5.94. The van der Waals surface area contributed by atoms with E-state index in [1.807, 2.05) is 19.9 Å². The van der Waals surface area contributed by atoms with Gasteiger partial charge in [-0.25, -0.2) is 0 Å². The molecule has 0 radical (unpaired) electrons. The van der Waals surface area contributed by atoms with E-state index < -0.39 is 10.2 Å². The minimum absolute atomic E-state index is 0.217. The van der Waals surface area contributed by atoms with Gasteiger partial charge in [-0.3, -0.25) is 4.72 Å². The van der Waals surface area contributed by atoms with Crippen molar-refractivity contribution in [2.24, 2.45) is 5.92 Å². The van der Waals surface area contributed by atoms with Crippen LogP contribution in [0.2, 0.25) is 0 Å². The molecule has 1 rings (SSSR count). The monoisotopic (exact) mass is 267 g/mol. The Balaban J connectivity index is 2.92. The first-order valence-electron chi connectivity index (χ1n) is 5.63. The first-order valence-corrected chi connectivity index (χ1v) is 7.11. The maximum absolute atomic E-state index is 11.8. The van der Waals surface area contributed by atoms with Gasteiger partial charge < -0.3 is 0 Å². The highest BCUT2D eigenvalue weighted by molar-refractivity contribution is 7.90. The Labute approximate surface area is 108 Å². The molecule has 18 heavy (non-hydrogen) atoms. The first-order chi connectivity index (χ1) is 8.35. The van der Waals surface area contributed by atoms with Gasteiger partial charge >= 0.3 is 0 Å². The van der Waals surface area contributed by atoms with Crippen LogP contribution in [0.3, 0.4) is 0 Å². The summed E-state index contributed by atoms with van der Waals surface area (Å²) in [5.74, 6) is 0.217. The number of hydrogen-bond donors (Lipinski definition) is 2. The number of aryl methyl sites for hydroxylation is 1. The van der Waals surface area contributed by atoms with Crippen LogP contribution in [0.5, 0.6) is 0 Å². The van der Waals surface area contributed by atoms with Crippen molar-refractivity contribution >= 4 is 15.9 Å². The van der Waals surface area contributed by atoms with Gasteiger partial charge in [0.15, 0.2) is 0 Å². The van der Waals surface area contributed by atoms with Crippen LogP contribution in [0, 0.1) is 24.2 Å². The van der Waals surface area contributed by atoms with Crippen molar-refractivity contribution in [3.05, 3.63) is 29.3 Å². The zero-order chi connectivity index (χ0) is 13.8. The Kier molecular flexibility index (Phi) is 4.70. The van der Waals surface area contributed by atoms with E-state index in [-0.39, 0.29) is 5.92 Å². The van der Waals surface area contributed by atoms with Gasteiger partial charge in [-0.05, 0) is 24.5 Å². The average Bonchev–Trinajstić information content (AvgIpc) is 2.26. The Morgan fingerprint density at radius 3 is 2.61 bits per heavy atom. The molecule has 6 heteroatoms. The summed E-state index contributed by atoms with van der Waals surface area (Å²) in [6, 6.07) is 7.03. The minimum Gasteiger partial charge on any atom is -0.270 e. The molecule has 0 heterocycles. The summed E-state index contributed by atoms with van der Waals surface area (Å²) >= 11 is 0. The van der Waals surface area contributed by atoms with Crippen molar-refractivity contribution in [1.82, 2.24) is 4.72 Å². The van der Waals surface area contributed by atoms with Crippen LogP contribution < -0.4 is 9.44 Å². The number of rotatable bonds is 5. The summed E-state index contributed by atoms with van der Waals surface area (Å²) in [5.41, 5.74) is 1.38. The van der Waals surface area contributed by atoms with Gasteiger partial charge in [0.1, 0.15) is 6.07 Å². The maximum atomic E-state index is 11.8. The number of nitrogens with one attached hydrogen (secondary N) is 2. The van der Waals surface area contributed by atoms with Crippen molar-refractivity contribution in [3.8, 4) is 6.07 Å². The van der Waals surface area contributed by atoms with Crippen molar-refractivity contribution < 1.29 is 8.42 Å². The molecule has 0 bridgehead atoms. The smallest absolute Gasteiger partial charge is 0.270 e. The summed E-state index contributed by atoms with van der Waals surface area (Å²) in [5, 5.41) is 9.01. The second kappa shape index (κ2) is 5.85. The van der Waals surface area contributed by atoms with Crippen molar-refractivity contribution in [2.75, 3.05) is 11.3 Å². The van der Waals surface area contributed by atoms with Gasteiger partial charge in [-0.1, -0.05) is 26.0 Å². The third-order valence-electron chi connectivity index (χ3n) is 2.31. The molecule has 0 aromatic heterocycles. The quantitative estimate of drug-likeness (QED) is 0.853. The summed E-state index contributed by atoms with van der Waals surface area (Å²) in [4.78, 5) is 0. The van der Waals surface area contributed by atoms with Gasteiger partial charge in [0, 0.05) is 6.54 Å². The molecule has 0 saturated heterocycles. The molecule has 0 atom stereocenters. The van der Waals surface area contributed by atoms with E-state index >= 15 is 0 Å². The summed E-state index contributed by atoms with van der Waals surface area (Å²) in [7, 11) is -3.63. The molecule has 0 aliphatic rings. The molecule has 0 spiro atoms. The van der Waals surface area contributed by atoms with Crippen molar-refractivity contribution in [1.29, 1.82) is 5.26 Å². The molecule has 1 aromatic rings. The Hall–Kier alpha value is -1.58. The fraction of sp³-hybridized carbons (Fsp3) is 0.417. The molecule has 0 saturated carbocycles. The molecule has 0 amide bonds. The fourth-order valence-electron chi connectivity index (χ4n) is 1.36. The maximum Gasteiger partial charge on any atom is 0.299 e. The van der Waals surface area contributed by atoms with Crippen LogP contribution in [-0.2, 0) is 10.2 Å². The van der Waals surface area contributed by atoms with Crippen LogP contribution in [0.1, 0.15) is 25.0 Å². The molecule has 0 aliphatic carbocycles. The molecular weight excluding hydrogens is 250 g/mol. The molecule has 0 unspecified atom stereocenters. The minimum atomic E-state index is -3.63. The second-order valence-electron chi connectivity index (χ2n) is 4.46. The van der Waals surface area contributed by atoms with Gasteiger partial charge in [0.05, 0.1) is 11.3 Å². The molecule has 2 N–H and O–H groups in total. The van der Waals surface area contributed by atoms with Gasteiger partial charge in [0.25, 0.3) is 10.2 Å². The van der Waals surface area contributed by atoms with Gasteiger partial charge in [-0.15, -0.1) is 0 Å². The molecule has 0 fully saturated rings. The third-order valence-corrected chi connectivity index (χ3v) is 3.35. The van der Waals surface area contributed by atoms with E-state index in [1.54, 1.807) is 25.1 Å². The van der Waals surface area contributed by atoms with Crippen LogP contribution in [-0.4, -0.2) is 15.0 Å². The number of benzene rings is 1. The van der Waals surface area contributed by atoms with Crippen LogP contribution >= 0.6 is 0 Å². The van der Waals surface area contributed by atoms with Crippen LogP contribution in [0.15, 0.2) is 18.2 Å². The Bertz CT molecular complexity index is 559. The first kappa shape index (κ1) is 14.5. The van der Waals surface area contributed by atoms with E-state index in [4.69, 9.17) is 5.26 Å². The summed E-state index contributed by atoms with van der Waals surface area (Å²) in [6.07, 6.45) is 0. The molecule has 98 valence electrons. The Morgan fingerprint density at radius 1 is 1.39 bits per heavy atom. The average molecular weight is 267 g/mol. The number of nitrogens with zero attached hydrogens (tertiary/aromatic N) is 1. The highest BCUT2D eigenvalue weighted by atomic mass is 32.2. The second-order valence-corrected chi connectivity index (χ2v) is 5.96. The topological polar surface area (TPSA) is 82.0 Å². The fourth-order valence-corrected chi connectivity index (χ4v) is 2.44. The predicted molar refractivity (Wildman–Crippen MR) is 71.3 cm³/mol. The number of anilines is 1.